The van der Waals surface area contributed by atoms with Gasteiger partial charge in [0.25, 0.3) is 11.7 Å². The first-order chi connectivity index (χ1) is 19.1. The second-order valence-electron chi connectivity index (χ2n) is 12.3. The number of hydrogen-bond donors (Lipinski definition) is 0. The molecule has 1 aromatic carbocycles. The summed E-state index contributed by atoms with van der Waals surface area (Å²) in [6.07, 6.45) is 9.33. The minimum absolute atomic E-state index is 0.0459. The number of allylic oxidation sites excluding steroid dienone is 3. The number of ketones is 1. The fourth-order valence-electron chi connectivity index (χ4n) is 7.10. The monoisotopic (exact) mass is 561 g/mol. The molecule has 212 valence electrons. The van der Waals surface area contributed by atoms with Crippen LogP contribution in [0.25, 0.3) is 10.4 Å². The van der Waals surface area contributed by atoms with Crippen molar-refractivity contribution < 1.29 is 19.1 Å². The predicted octanol–water partition coefficient (Wildman–Crippen LogP) is 5.96. The molecule has 1 saturated carbocycles. The van der Waals surface area contributed by atoms with Crippen LogP contribution in [-0.2, 0) is 11.2 Å². The number of fused-ring (bicyclic) bond motifs is 2. The van der Waals surface area contributed by atoms with Gasteiger partial charge in [0.1, 0.15) is 0 Å². The SMILES string of the molecule is CC1=CC(C)=C(CN2CCc3c(c(C)c4c(c3-c3cncs3)O[C@](C)(C3CCC(N(C)C)CC3)O4)C2=O)C(=O)C1. The molecule has 0 bridgehead atoms. The molecule has 40 heavy (non-hydrogen) atoms. The van der Waals surface area contributed by atoms with E-state index in [1.165, 1.54) is 0 Å². The fraction of sp³-hybridized carbons (Fsp3) is 0.531. The minimum Gasteiger partial charge on any atom is -0.448 e. The van der Waals surface area contributed by atoms with E-state index in [9.17, 15) is 9.59 Å². The van der Waals surface area contributed by atoms with Crippen molar-refractivity contribution >= 4 is 23.0 Å². The number of amides is 1. The molecule has 0 spiro atoms. The summed E-state index contributed by atoms with van der Waals surface area (Å²) in [5, 5.41) is 0. The summed E-state index contributed by atoms with van der Waals surface area (Å²) in [6.45, 7) is 8.88. The molecule has 0 radical (unpaired) electrons. The quantitative estimate of drug-likeness (QED) is 0.449. The van der Waals surface area contributed by atoms with E-state index in [1.54, 1.807) is 11.3 Å². The van der Waals surface area contributed by atoms with E-state index in [0.717, 1.165) is 69.7 Å². The molecule has 7 nitrogen and oxygen atoms in total. The lowest BCUT2D eigenvalue weighted by atomic mass is 9.81. The third-order valence-electron chi connectivity index (χ3n) is 9.41. The number of benzene rings is 1. The number of carbonyl (C=O) groups excluding carboxylic acids is 2. The Kier molecular flexibility index (Phi) is 6.90. The second kappa shape index (κ2) is 10.1. The molecule has 1 fully saturated rings. The number of ether oxygens (including phenoxy) is 2. The van der Waals surface area contributed by atoms with Crippen LogP contribution in [0.1, 0.15) is 74.4 Å². The van der Waals surface area contributed by atoms with E-state index in [2.05, 4.69) is 37.0 Å². The Bertz CT molecular complexity index is 1430. The summed E-state index contributed by atoms with van der Waals surface area (Å²) in [7, 11) is 4.31. The van der Waals surface area contributed by atoms with Crippen molar-refractivity contribution in [2.24, 2.45) is 5.92 Å². The number of hydrogen-bond acceptors (Lipinski definition) is 7. The van der Waals surface area contributed by atoms with Crippen molar-refractivity contribution in [2.45, 2.75) is 78.0 Å². The minimum atomic E-state index is -0.781. The summed E-state index contributed by atoms with van der Waals surface area (Å²) >= 11 is 1.56. The van der Waals surface area contributed by atoms with Crippen LogP contribution in [0.15, 0.2) is 34.5 Å². The summed E-state index contributed by atoms with van der Waals surface area (Å²) in [5.41, 5.74) is 8.05. The van der Waals surface area contributed by atoms with E-state index < -0.39 is 5.79 Å². The Morgan fingerprint density at radius 2 is 1.80 bits per heavy atom. The van der Waals surface area contributed by atoms with Crippen molar-refractivity contribution in [3.8, 4) is 21.9 Å². The first kappa shape index (κ1) is 27.2. The van der Waals surface area contributed by atoms with Gasteiger partial charge in [0.05, 0.1) is 16.0 Å². The fourth-order valence-corrected chi connectivity index (χ4v) is 7.79. The highest BCUT2D eigenvalue weighted by Crippen LogP contribution is 2.55. The molecule has 1 amide bonds. The van der Waals surface area contributed by atoms with Gasteiger partial charge in [-0.2, -0.15) is 0 Å². The van der Waals surface area contributed by atoms with Crippen LogP contribution >= 0.6 is 11.3 Å². The van der Waals surface area contributed by atoms with E-state index in [0.29, 0.717) is 43.3 Å². The van der Waals surface area contributed by atoms with Crippen LogP contribution in [0.3, 0.4) is 0 Å². The van der Waals surface area contributed by atoms with Gasteiger partial charge >= 0.3 is 0 Å². The summed E-state index contributed by atoms with van der Waals surface area (Å²) in [5.74, 6) is 0.978. The number of Topliss-reactive ketones (excluding diaryl/α,β-unsaturated/α-hetero) is 1. The zero-order valence-electron chi connectivity index (χ0n) is 24.4. The molecular weight excluding hydrogens is 522 g/mol. The average Bonchev–Trinajstić information content (AvgIpc) is 3.56. The maximum Gasteiger partial charge on any atom is 0.254 e. The molecule has 4 aliphatic rings. The van der Waals surface area contributed by atoms with Crippen molar-refractivity contribution in [1.29, 1.82) is 0 Å². The molecule has 0 saturated heterocycles. The molecular formula is C32H39N3O4S. The highest BCUT2D eigenvalue weighted by molar-refractivity contribution is 7.13. The van der Waals surface area contributed by atoms with Gasteiger partial charge in [-0.25, -0.2) is 0 Å². The van der Waals surface area contributed by atoms with E-state index in [4.69, 9.17) is 9.47 Å². The zero-order chi connectivity index (χ0) is 28.3. The van der Waals surface area contributed by atoms with Crippen LogP contribution in [-0.4, -0.2) is 65.5 Å². The smallest absolute Gasteiger partial charge is 0.254 e. The summed E-state index contributed by atoms with van der Waals surface area (Å²) < 4.78 is 13.6. The first-order valence-electron chi connectivity index (χ1n) is 14.4. The van der Waals surface area contributed by atoms with Crippen molar-refractivity contribution in [2.75, 3.05) is 27.2 Å². The number of rotatable bonds is 5. The number of carbonyl (C=O) groups is 2. The lowest BCUT2D eigenvalue weighted by Crippen LogP contribution is -2.46. The number of aromatic nitrogens is 1. The van der Waals surface area contributed by atoms with Gasteiger partial charge in [-0.1, -0.05) is 11.6 Å². The molecule has 1 atom stereocenters. The van der Waals surface area contributed by atoms with Crippen molar-refractivity contribution in [3.05, 3.63) is 51.2 Å². The molecule has 0 unspecified atom stereocenters. The van der Waals surface area contributed by atoms with Gasteiger partial charge in [-0.15, -0.1) is 11.3 Å². The highest BCUT2D eigenvalue weighted by Gasteiger charge is 2.49. The van der Waals surface area contributed by atoms with Crippen LogP contribution < -0.4 is 9.47 Å². The van der Waals surface area contributed by atoms with Gasteiger partial charge in [0.2, 0.25) is 0 Å². The third-order valence-corrected chi connectivity index (χ3v) is 10.2. The zero-order valence-corrected chi connectivity index (χ0v) is 25.2. The van der Waals surface area contributed by atoms with Crippen molar-refractivity contribution in [1.82, 2.24) is 14.8 Å². The van der Waals surface area contributed by atoms with E-state index >= 15 is 0 Å². The highest BCUT2D eigenvalue weighted by atomic mass is 32.1. The number of nitrogens with zero attached hydrogens (tertiary/aromatic N) is 3. The van der Waals surface area contributed by atoms with Gasteiger partial charge in [0.15, 0.2) is 17.3 Å². The number of thiazole rings is 1. The van der Waals surface area contributed by atoms with Gasteiger partial charge in [-0.05, 0) is 78.1 Å². The van der Waals surface area contributed by atoms with Crippen LogP contribution in [0.2, 0.25) is 0 Å². The normalized spacial score (nSPS) is 26.5. The lowest BCUT2D eigenvalue weighted by Gasteiger charge is -2.39. The molecule has 0 N–H and O–H groups in total. The average molecular weight is 562 g/mol. The predicted molar refractivity (Wildman–Crippen MR) is 157 cm³/mol. The molecule has 6 rings (SSSR count). The van der Waals surface area contributed by atoms with Gasteiger partial charge in [0, 0.05) is 61.3 Å². The third kappa shape index (κ3) is 4.49. The summed E-state index contributed by atoms with van der Waals surface area (Å²) in [6, 6.07) is 0.586. The maximum atomic E-state index is 14.1. The molecule has 2 aliphatic carbocycles. The van der Waals surface area contributed by atoms with Crippen LogP contribution in [0.5, 0.6) is 11.5 Å². The Labute approximate surface area is 240 Å². The second-order valence-corrected chi connectivity index (χ2v) is 13.2. The molecule has 3 heterocycles. The Hall–Kier alpha value is -2.97. The Morgan fingerprint density at radius 3 is 2.45 bits per heavy atom. The molecule has 1 aromatic heterocycles. The van der Waals surface area contributed by atoms with Crippen molar-refractivity contribution in [3.63, 3.8) is 0 Å². The topological polar surface area (TPSA) is 72.0 Å². The Morgan fingerprint density at radius 1 is 1.07 bits per heavy atom. The van der Waals surface area contributed by atoms with E-state index in [1.807, 2.05) is 37.4 Å². The largest absolute Gasteiger partial charge is 0.448 e. The molecule has 8 heteroatoms. The first-order valence-corrected chi connectivity index (χ1v) is 15.3. The molecule has 2 aromatic rings. The van der Waals surface area contributed by atoms with Crippen LogP contribution in [0.4, 0.5) is 0 Å². The Balaban J connectivity index is 1.37. The standard InChI is InChI=1S/C32H39N3O4S/c1-18-13-19(2)24(25(36)14-18)16-35-12-11-23-27(31(35)37)20(3)29-30(28(23)26-15-33-17-40-26)39-32(4,38-29)21-7-9-22(10-8-21)34(5)6/h13,15,17,21-22H,7-12,14,16H2,1-6H3/t21?,22?,32-/m1/s1. The molecule has 2 aliphatic heterocycles. The van der Waals surface area contributed by atoms with Crippen LogP contribution in [0, 0.1) is 12.8 Å². The lowest BCUT2D eigenvalue weighted by molar-refractivity contribution is -0.123. The summed E-state index contributed by atoms with van der Waals surface area (Å²) in [4.78, 5) is 36.5. The van der Waals surface area contributed by atoms with Gasteiger partial charge in [-0.3, -0.25) is 14.6 Å². The maximum absolute atomic E-state index is 14.1. The van der Waals surface area contributed by atoms with E-state index in [-0.39, 0.29) is 17.6 Å². The van der Waals surface area contributed by atoms with Gasteiger partial charge < -0.3 is 19.3 Å².